The number of hydrogen-bond acceptors (Lipinski definition) is 3. The largest absolute Gasteiger partial charge is 0.298 e. The Bertz CT molecular complexity index is 802. The molecule has 0 N–H and O–H groups in total. The van der Waals surface area contributed by atoms with Crippen molar-refractivity contribution in [3.63, 3.8) is 0 Å². The topological polar surface area (TPSA) is 60.2 Å². The lowest BCUT2D eigenvalue weighted by molar-refractivity contribution is -0.386. The molecule has 0 amide bonds. The standard InChI is InChI=1S/C13H4Br3NO3/c14-5-1-2-6-7-4-9(15)12(17(19)20)11(16)10(7)13(18)8(6)3-5/h1-4H. The van der Waals surface area contributed by atoms with Crippen molar-refractivity contribution in [1.29, 1.82) is 0 Å². The Morgan fingerprint density at radius 2 is 1.70 bits per heavy atom. The Morgan fingerprint density at radius 1 is 1.00 bits per heavy atom. The molecule has 0 heterocycles. The second-order valence-corrected chi connectivity index (χ2v) is 6.78. The molecule has 4 nitrogen and oxygen atoms in total. The van der Waals surface area contributed by atoms with Gasteiger partial charge in [0, 0.05) is 10.0 Å². The van der Waals surface area contributed by atoms with Gasteiger partial charge in [0.1, 0.15) is 4.47 Å². The number of rotatable bonds is 1. The summed E-state index contributed by atoms with van der Waals surface area (Å²) in [4.78, 5) is 23.0. The number of fused-ring (bicyclic) bond motifs is 3. The van der Waals surface area contributed by atoms with Crippen molar-refractivity contribution in [2.45, 2.75) is 0 Å². The van der Waals surface area contributed by atoms with Crippen LogP contribution in [0.5, 0.6) is 0 Å². The van der Waals surface area contributed by atoms with Crippen molar-refractivity contribution < 1.29 is 9.72 Å². The summed E-state index contributed by atoms with van der Waals surface area (Å²) < 4.78 is 1.35. The highest BCUT2D eigenvalue weighted by Gasteiger charge is 2.34. The highest BCUT2D eigenvalue weighted by atomic mass is 79.9. The van der Waals surface area contributed by atoms with Crippen LogP contribution >= 0.6 is 47.8 Å². The van der Waals surface area contributed by atoms with Gasteiger partial charge in [0.15, 0.2) is 5.78 Å². The normalized spacial score (nSPS) is 12.2. The van der Waals surface area contributed by atoms with Crippen molar-refractivity contribution >= 4 is 59.3 Å². The molecule has 3 rings (SSSR count). The maximum absolute atomic E-state index is 12.5. The molecule has 0 bridgehead atoms. The van der Waals surface area contributed by atoms with Gasteiger partial charge in [-0.3, -0.25) is 14.9 Å². The quantitative estimate of drug-likeness (QED) is 0.374. The number of nitrogens with zero attached hydrogens (tertiary/aromatic N) is 1. The predicted octanol–water partition coefficient (Wildman–Crippen LogP) is 5.09. The first-order valence-electron chi connectivity index (χ1n) is 5.43. The summed E-state index contributed by atoms with van der Waals surface area (Å²) in [5.41, 5.74) is 2.23. The van der Waals surface area contributed by atoms with Gasteiger partial charge in [-0.15, -0.1) is 0 Å². The average molecular weight is 462 g/mol. The number of benzene rings is 2. The molecule has 0 fully saturated rings. The second kappa shape index (κ2) is 4.75. The van der Waals surface area contributed by atoms with Crippen molar-refractivity contribution in [3.8, 4) is 11.1 Å². The Hall–Kier alpha value is -1.05. The first-order chi connectivity index (χ1) is 9.41. The van der Waals surface area contributed by atoms with E-state index in [1.54, 1.807) is 12.1 Å². The van der Waals surface area contributed by atoms with E-state index >= 15 is 0 Å². The van der Waals surface area contributed by atoms with E-state index in [1.165, 1.54) is 0 Å². The van der Waals surface area contributed by atoms with Gasteiger partial charge < -0.3 is 0 Å². The third-order valence-corrected chi connectivity index (χ3v) is 4.99. The van der Waals surface area contributed by atoms with Gasteiger partial charge in [-0.05, 0) is 61.2 Å². The summed E-state index contributed by atoms with van der Waals surface area (Å²) >= 11 is 9.72. The maximum Gasteiger partial charge on any atom is 0.298 e. The molecule has 0 aliphatic heterocycles. The van der Waals surface area contributed by atoms with E-state index < -0.39 is 4.92 Å². The minimum atomic E-state index is -0.513. The lowest BCUT2D eigenvalue weighted by atomic mass is 10.1. The molecule has 1 aliphatic rings. The lowest BCUT2D eigenvalue weighted by Crippen LogP contribution is -2.00. The minimum absolute atomic E-state index is 0.135. The van der Waals surface area contributed by atoms with Crippen LogP contribution in [-0.2, 0) is 0 Å². The maximum atomic E-state index is 12.5. The molecule has 0 radical (unpaired) electrons. The van der Waals surface area contributed by atoms with E-state index in [0.717, 1.165) is 10.0 Å². The zero-order chi connectivity index (χ0) is 14.6. The number of carbonyl (C=O) groups is 1. The molecule has 0 spiro atoms. The van der Waals surface area contributed by atoms with Gasteiger partial charge in [-0.2, -0.15) is 0 Å². The Kier molecular flexibility index (Phi) is 3.30. The molecular weight excluding hydrogens is 458 g/mol. The number of ketones is 1. The second-order valence-electron chi connectivity index (χ2n) is 4.22. The van der Waals surface area contributed by atoms with E-state index in [-0.39, 0.29) is 15.9 Å². The fourth-order valence-electron chi connectivity index (χ4n) is 2.28. The van der Waals surface area contributed by atoms with Crippen LogP contribution in [0, 0.1) is 10.1 Å². The molecule has 2 aromatic rings. The van der Waals surface area contributed by atoms with E-state index in [4.69, 9.17) is 0 Å². The van der Waals surface area contributed by atoms with Crippen LogP contribution in [0.1, 0.15) is 15.9 Å². The van der Waals surface area contributed by atoms with Crippen LogP contribution in [0.15, 0.2) is 37.7 Å². The first-order valence-corrected chi connectivity index (χ1v) is 7.80. The van der Waals surface area contributed by atoms with Gasteiger partial charge in [-0.25, -0.2) is 0 Å². The van der Waals surface area contributed by atoms with Gasteiger partial charge in [0.2, 0.25) is 0 Å². The number of nitro benzene ring substituents is 1. The summed E-state index contributed by atoms with van der Waals surface area (Å²) in [6.45, 7) is 0. The fourth-order valence-corrected chi connectivity index (χ4v) is 4.24. The van der Waals surface area contributed by atoms with Crippen LogP contribution in [0.3, 0.4) is 0 Å². The molecule has 1 aliphatic carbocycles. The average Bonchev–Trinajstić information content (AvgIpc) is 2.62. The molecule has 0 saturated carbocycles. The fraction of sp³-hybridized carbons (Fsp3) is 0. The van der Waals surface area contributed by atoms with Gasteiger partial charge in [-0.1, -0.05) is 22.0 Å². The first kappa shape index (κ1) is 13.9. The molecular formula is C13H4Br3NO3. The molecule has 0 aromatic heterocycles. The van der Waals surface area contributed by atoms with E-state index in [1.807, 2.05) is 12.1 Å². The summed E-state index contributed by atoms with van der Waals surface area (Å²) in [5, 5.41) is 11.1. The van der Waals surface area contributed by atoms with Crippen LogP contribution in [0.25, 0.3) is 11.1 Å². The Morgan fingerprint density at radius 3 is 2.35 bits per heavy atom. The molecule has 0 unspecified atom stereocenters. The SMILES string of the molecule is O=C1c2cc(Br)ccc2-c2cc(Br)c([N+](=O)[O-])c(Br)c21. The van der Waals surface area contributed by atoms with Gasteiger partial charge in [0.25, 0.3) is 5.69 Å². The van der Waals surface area contributed by atoms with E-state index in [0.29, 0.717) is 21.2 Å². The molecule has 0 saturated heterocycles. The smallest absolute Gasteiger partial charge is 0.289 e. The molecule has 20 heavy (non-hydrogen) atoms. The van der Waals surface area contributed by atoms with Crippen LogP contribution in [-0.4, -0.2) is 10.7 Å². The lowest BCUT2D eigenvalue weighted by Gasteiger charge is -2.05. The number of hydrogen-bond donors (Lipinski definition) is 0. The van der Waals surface area contributed by atoms with E-state index in [9.17, 15) is 14.9 Å². The number of halogens is 3. The van der Waals surface area contributed by atoms with Crippen LogP contribution in [0.2, 0.25) is 0 Å². The van der Waals surface area contributed by atoms with Crippen molar-refractivity contribution in [2.24, 2.45) is 0 Å². The highest BCUT2D eigenvalue weighted by Crippen LogP contribution is 2.47. The molecule has 100 valence electrons. The molecule has 0 atom stereocenters. The summed E-state index contributed by atoms with van der Waals surface area (Å²) in [6.07, 6.45) is 0. The summed E-state index contributed by atoms with van der Waals surface area (Å²) in [7, 11) is 0. The Balaban J connectivity index is 2.39. The summed E-state index contributed by atoms with van der Waals surface area (Å²) in [6, 6.07) is 7.01. The third-order valence-electron chi connectivity index (χ3n) is 3.12. The number of nitro groups is 1. The Labute approximate surface area is 138 Å². The van der Waals surface area contributed by atoms with Gasteiger partial charge >= 0.3 is 0 Å². The van der Waals surface area contributed by atoms with E-state index in [2.05, 4.69) is 47.8 Å². The zero-order valence-electron chi connectivity index (χ0n) is 9.62. The van der Waals surface area contributed by atoms with Crippen molar-refractivity contribution in [1.82, 2.24) is 0 Å². The van der Waals surface area contributed by atoms with Crippen LogP contribution < -0.4 is 0 Å². The van der Waals surface area contributed by atoms with Crippen molar-refractivity contribution in [2.75, 3.05) is 0 Å². The van der Waals surface area contributed by atoms with Crippen LogP contribution in [0.4, 0.5) is 5.69 Å². The monoisotopic (exact) mass is 459 g/mol. The summed E-state index contributed by atoms with van der Waals surface area (Å²) in [5.74, 6) is -0.209. The minimum Gasteiger partial charge on any atom is -0.289 e. The molecule has 2 aromatic carbocycles. The number of carbonyl (C=O) groups excluding carboxylic acids is 1. The van der Waals surface area contributed by atoms with Gasteiger partial charge in [0.05, 0.1) is 15.0 Å². The third kappa shape index (κ3) is 1.88. The predicted molar refractivity (Wildman–Crippen MR) is 85.1 cm³/mol. The highest BCUT2D eigenvalue weighted by molar-refractivity contribution is 9.11. The van der Waals surface area contributed by atoms with Crippen molar-refractivity contribution in [3.05, 3.63) is 58.9 Å². The zero-order valence-corrected chi connectivity index (χ0v) is 14.4. The molecule has 7 heteroatoms.